The predicted octanol–water partition coefficient (Wildman–Crippen LogP) is 2.65. The van der Waals surface area contributed by atoms with Crippen molar-refractivity contribution in [3.63, 3.8) is 0 Å². The minimum absolute atomic E-state index is 0.0628. The van der Waals surface area contributed by atoms with Crippen molar-refractivity contribution in [1.29, 1.82) is 5.26 Å². The molecule has 3 heterocycles. The van der Waals surface area contributed by atoms with E-state index in [9.17, 15) is 15.2 Å². The maximum Gasteiger partial charge on any atom is 0.261 e. The molecule has 0 atom stereocenters. The van der Waals surface area contributed by atoms with Crippen molar-refractivity contribution in [1.82, 2.24) is 4.57 Å². The largest absolute Gasteiger partial charge is 0.493 e. The summed E-state index contributed by atoms with van der Waals surface area (Å²) in [4.78, 5) is 15.4. The van der Waals surface area contributed by atoms with E-state index < -0.39 is 0 Å². The van der Waals surface area contributed by atoms with E-state index in [0.29, 0.717) is 11.8 Å². The number of rotatable bonds is 4. The molecule has 1 N–H and O–H groups in total. The number of para-hydroxylation sites is 1. The van der Waals surface area contributed by atoms with Crippen LogP contribution in [0.4, 0.5) is 5.69 Å². The minimum atomic E-state index is -0.308. The monoisotopic (exact) mass is 401 g/mol. The molecule has 0 saturated carbocycles. The molecule has 30 heavy (non-hydrogen) atoms. The molecule has 2 aliphatic heterocycles. The molecule has 2 aromatic rings. The van der Waals surface area contributed by atoms with Crippen LogP contribution in [0.5, 0.6) is 5.88 Å². The Bertz CT molecular complexity index is 1280. The highest BCUT2D eigenvalue weighted by Crippen LogP contribution is 2.51. The van der Waals surface area contributed by atoms with Crippen LogP contribution in [0.25, 0.3) is 12.7 Å². The predicted molar refractivity (Wildman–Crippen MR) is 120 cm³/mol. The molecule has 1 aromatic carbocycles. The van der Waals surface area contributed by atoms with Gasteiger partial charge in [0.2, 0.25) is 5.88 Å². The lowest BCUT2D eigenvalue weighted by atomic mass is 9.82. The highest BCUT2D eigenvalue weighted by molar-refractivity contribution is 5.77. The Morgan fingerprint density at radius 3 is 2.80 bits per heavy atom. The SMILES string of the molecule is C=c1c(C#N)c(O)n(CCCC)c(=O)/c1=C\C=C1\N2CCc3cccc(c32)C1(C)C. The summed E-state index contributed by atoms with van der Waals surface area (Å²) in [7, 11) is 0. The smallest absolute Gasteiger partial charge is 0.261 e. The summed E-state index contributed by atoms with van der Waals surface area (Å²) in [5, 5.41) is 20.6. The van der Waals surface area contributed by atoms with Gasteiger partial charge in [0.05, 0.1) is 0 Å². The molecule has 0 radical (unpaired) electrons. The number of benzene rings is 1. The Kier molecular flexibility index (Phi) is 4.82. The standard InChI is InChI=1S/C25H27N3O2/c1-5-6-13-28-23(29)18(16(2)19(15-26)24(28)30)10-11-21-25(3,4)20-9-7-8-17-12-14-27(21)22(17)20/h7-11,30H,2,5-6,12-14H2,1,3-4H3/b18-10-,21-11+. The van der Waals surface area contributed by atoms with Crippen LogP contribution in [0.2, 0.25) is 0 Å². The molecule has 154 valence electrons. The number of unbranched alkanes of at least 4 members (excludes halogenated alkanes) is 1. The van der Waals surface area contributed by atoms with Crippen molar-refractivity contribution in [2.75, 3.05) is 11.4 Å². The van der Waals surface area contributed by atoms with E-state index >= 15 is 0 Å². The van der Waals surface area contributed by atoms with Gasteiger partial charge in [0.15, 0.2) is 0 Å². The molecule has 2 aliphatic rings. The number of hydrogen-bond donors (Lipinski definition) is 1. The number of anilines is 1. The summed E-state index contributed by atoms with van der Waals surface area (Å²) >= 11 is 0. The molecular weight excluding hydrogens is 374 g/mol. The van der Waals surface area contributed by atoms with Crippen LogP contribution in [0, 0.1) is 11.3 Å². The third kappa shape index (κ3) is 2.79. The topological polar surface area (TPSA) is 69.3 Å². The van der Waals surface area contributed by atoms with Crippen molar-refractivity contribution in [3.05, 3.63) is 67.5 Å². The summed E-state index contributed by atoms with van der Waals surface area (Å²) in [5.74, 6) is -0.288. The molecule has 5 nitrogen and oxygen atoms in total. The van der Waals surface area contributed by atoms with Crippen molar-refractivity contribution >= 4 is 18.3 Å². The van der Waals surface area contributed by atoms with Gasteiger partial charge in [-0.25, -0.2) is 0 Å². The minimum Gasteiger partial charge on any atom is -0.493 e. The first kappa shape index (κ1) is 20.0. The molecule has 0 aliphatic carbocycles. The number of allylic oxidation sites excluding steroid dienone is 2. The molecule has 0 saturated heterocycles. The van der Waals surface area contributed by atoms with E-state index in [1.807, 2.05) is 19.1 Å². The summed E-state index contributed by atoms with van der Waals surface area (Å²) in [6.07, 6.45) is 6.40. The number of aromatic nitrogens is 1. The average molecular weight is 402 g/mol. The van der Waals surface area contributed by atoms with Gasteiger partial charge >= 0.3 is 0 Å². The van der Waals surface area contributed by atoms with E-state index in [0.717, 1.165) is 31.5 Å². The Balaban J connectivity index is 1.92. The molecular formula is C25H27N3O2. The molecule has 0 bridgehead atoms. The molecule has 4 rings (SSSR count). The lowest BCUT2D eigenvalue weighted by Gasteiger charge is -2.25. The van der Waals surface area contributed by atoms with Gasteiger partial charge in [-0.2, -0.15) is 5.26 Å². The summed E-state index contributed by atoms with van der Waals surface area (Å²) in [5.41, 5.74) is 4.66. The van der Waals surface area contributed by atoms with Crippen LogP contribution in [-0.4, -0.2) is 16.2 Å². The Morgan fingerprint density at radius 2 is 2.10 bits per heavy atom. The van der Waals surface area contributed by atoms with Crippen LogP contribution >= 0.6 is 0 Å². The van der Waals surface area contributed by atoms with Crippen LogP contribution in [0.1, 0.15) is 50.3 Å². The van der Waals surface area contributed by atoms with Gasteiger partial charge in [0.25, 0.3) is 5.56 Å². The lowest BCUT2D eigenvalue weighted by Crippen LogP contribution is -2.45. The maximum atomic E-state index is 13.1. The summed E-state index contributed by atoms with van der Waals surface area (Å²) in [6, 6.07) is 8.49. The Morgan fingerprint density at radius 1 is 1.33 bits per heavy atom. The highest BCUT2D eigenvalue weighted by Gasteiger charge is 2.43. The Hall–Kier alpha value is -3.26. The number of nitrogens with zero attached hydrogens (tertiary/aromatic N) is 3. The van der Waals surface area contributed by atoms with Gasteiger partial charge < -0.3 is 10.0 Å². The lowest BCUT2D eigenvalue weighted by molar-refractivity contribution is 0.398. The van der Waals surface area contributed by atoms with Crippen LogP contribution in [0.15, 0.2) is 34.8 Å². The first-order valence-corrected chi connectivity index (χ1v) is 10.5. The zero-order chi connectivity index (χ0) is 21.6. The van der Waals surface area contributed by atoms with Crippen molar-refractivity contribution in [2.45, 2.75) is 52.0 Å². The van der Waals surface area contributed by atoms with Gasteiger partial charge in [-0.3, -0.25) is 9.36 Å². The zero-order valence-corrected chi connectivity index (χ0v) is 17.8. The molecule has 0 spiro atoms. The maximum absolute atomic E-state index is 13.1. The third-order valence-electron chi connectivity index (χ3n) is 6.44. The van der Waals surface area contributed by atoms with Gasteiger partial charge in [-0.1, -0.05) is 52.0 Å². The van der Waals surface area contributed by atoms with Crippen molar-refractivity contribution in [2.24, 2.45) is 0 Å². The number of aromatic hydroxyl groups is 1. The zero-order valence-electron chi connectivity index (χ0n) is 17.8. The van der Waals surface area contributed by atoms with Crippen LogP contribution in [0.3, 0.4) is 0 Å². The fraction of sp³-hybridized carbons (Fsp3) is 0.360. The third-order valence-corrected chi connectivity index (χ3v) is 6.44. The first-order chi connectivity index (χ1) is 14.3. The van der Waals surface area contributed by atoms with Gasteiger partial charge in [0.1, 0.15) is 11.6 Å². The molecule has 1 aromatic heterocycles. The van der Waals surface area contributed by atoms with E-state index in [1.165, 1.54) is 21.4 Å². The fourth-order valence-electron chi connectivity index (χ4n) is 4.73. The van der Waals surface area contributed by atoms with E-state index in [-0.39, 0.29) is 27.6 Å². The molecule has 5 heteroatoms. The number of pyridine rings is 1. The number of hydrogen-bond acceptors (Lipinski definition) is 4. The van der Waals surface area contributed by atoms with Crippen molar-refractivity contribution < 1.29 is 5.11 Å². The normalized spacial score (nSPS) is 18.1. The van der Waals surface area contributed by atoms with Crippen LogP contribution < -0.4 is 20.9 Å². The van der Waals surface area contributed by atoms with Gasteiger partial charge in [-0.05, 0) is 36.1 Å². The van der Waals surface area contributed by atoms with Crippen LogP contribution in [-0.2, 0) is 18.4 Å². The summed E-state index contributed by atoms with van der Waals surface area (Å²) < 4.78 is 1.30. The highest BCUT2D eigenvalue weighted by atomic mass is 16.3. The second-order valence-electron chi connectivity index (χ2n) is 8.57. The molecule has 0 amide bonds. The molecule has 0 unspecified atom stereocenters. The molecule has 0 fully saturated rings. The van der Waals surface area contributed by atoms with E-state index in [1.54, 1.807) is 6.08 Å². The first-order valence-electron chi connectivity index (χ1n) is 10.5. The second kappa shape index (κ2) is 7.21. The quantitative estimate of drug-likeness (QED) is 0.855. The van der Waals surface area contributed by atoms with E-state index in [4.69, 9.17) is 0 Å². The second-order valence-corrected chi connectivity index (χ2v) is 8.57. The number of nitriles is 1. The summed E-state index contributed by atoms with van der Waals surface area (Å²) in [6.45, 7) is 11.6. The Labute approximate surface area is 176 Å². The van der Waals surface area contributed by atoms with Crippen molar-refractivity contribution in [3.8, 4) is 11.9 Å². The fourth-order valence-corrected chi connectivity index (χ4v) is 4.73. The van der Waals surface area contributed by atoms with Gasteiger partial charge in [0, 0.05) is 40.3 Å². The average Bonchev–Trinajstić information content (AvgIpc) is 3.23. The van der Waals surface area contributed by atoms with Gasteiger partial charge in [-0.15, -0.1) is 0 Å². The van der Waals surface area contributed by atoms with E-state index in [2.05, 4.69) is 43.5 Å².